The second-order valence-electron chi connectivity index (χ2n) is 6.19. The van der Waals surface area contributed by atoms with Crippen molar-refractivity contribution in [1.82, 2.24) is 30.2 Å². The lowest BCUT2D eigenvalue weighted by Crippen LogP contribution is -2.19. The molecular formula is C18H16ClN7O. The monoisotopic (exact) mass is 381 g/mol. The van der Waals surface area contributed by atoms with Crippen molar-refractivity contribution < 1.29 is 0 Å². The summed E-state index contributed by atoms with van der Waals surface area (Å²) < 4.78 is 1.61. The van der Waals surface area contributed by atoms with Gasteiger partial charge in [-0.2, -0.15) is 4.68 Å². The van der Waals surface area contributed by atoms with E-state index in [2.05, 4.69) is 30.8 Å². The molecule has 0 aliphatic heterocycles. The Morgan fingerprint density at radius 2 is 2.07 bits per heavy atom. The molecule has 136 valence electrons. The van der Waals surface area contributed by atoms with Crippen molar-refractivity contribution in [2.45, 2.75) is 19.9 Å². The van der Waals surface area contributed by atoms with Crippen LogP contribution in [0.2, 0.25) is 5.02 Å². The number of anilines is 1. The molecule has 0 radical (unpaired) electrons. The number of halogens is 1. The van der Waals surface area contributed by atoms with E-state index in [1.54, 1.807) is 23.0 Å². The number of hydrogen-bond acceptors (Lipinski definition) is 6. The third-order valence-corrected chi connectivity index (χ3v) is 4.51. The van der Waals surface area contributed by atoms with E-state index >= 15 is 0 Å². The first kappa shape index (κ1) is 17.2. The SMILES string of the molecule is Cc1nnnn1-c1ccnc(N[C@@H](C)c2cc3cc(Cl)ccc3[nH]c2=O)c1. The predicted molar refractivity (Wildman–Crippen MR) is 103 cm³/mol. The molecule has 0 spiro atoms. The van der Waals surface area contributed by atoms with Gasteiger partial charge in [0.15, 0.2) is 5.82 Å². The van der Waals surface area contributed by atoms with Crippen molar-refractivity contribution in [3.05, 3.63) is 69.4 Å². The summed E-state index contributed by atoms with van der Waals surface area (Å²) in [6.07, 6.45) is 1.66. The molecule has 2 N–H and O–H groups in total. The molecule has 0 amide bonds. The Morgan fingerprint density at radius 1 is 1.22 bits per heavy atom. The van der Waals surface area contributed by atoms with Crippen LogP contribution in [0.1, 0.15) is 24.4 Å². The first-order valence-electron chi connectivity index (χ1n) is 8.32. The Bertz CT molecular complexity index is 1180. The van der Waals surface area contributed by atoms with Crippen molar-refractivity contribution in [3.63, 3.8) is 0 Å². The average molecular weight is 382 g/mol. The summed E-state index contributed by atoms with van der Waals surface area (Å²) in [6, 6.07) is 10.6. The van der Waals surface area contributed by atoms with E-state index in [0.29, 0.717) is 22.2 Å². The van der Waals surface area contributed by atoms with Crippen LogP contribution in [0.25, 0.3) is 16.6 Å². The lowest BCUT2D eigenvalue weighted by molar-refractivity contribution is 0.777. The smallest absolute Gasteiger partial charge is 0.253 e. The fraction of sp³-hybridized carbons (Fsp3) is 0.167. The van der Waals surface area contributed by atoms with Gasteiger partial charge in [-0.15, -0.1) is 5.10 Å². The maximum Gasteiger partial charge on any atom is 0.253 e. The van der Waals surface area contributed by atoms with E-state index < -0.39 is 0 Å². The quantitative estimate of drug-likeness (QED) is 0.563. The number of benzene rings is 1. The van der Waals surface area contributed by atoms with Crippen LogP contribution >= 0.6 is 11.6 Å². The zero-order valence-electron chi connectivity index (χ0n) is 14.6. The van der Waals surface area contributed by atoms with Gasteiger partial charge in [0, 0.05) is 33.8 Å². The van der Waals surface area contributed by atoms with Gasteiger partial charge in [0.2, 0.25) is 0 Å². The number of rotatable bonds is 4. The number of nitrogens with zero attached hydrogens (tertiary/aromatic N) is 5. The molecule has 3 aromatic heterocycles. The molecular weight excluding hydrogens is 366 g/mol. The Balaban J connectivity index is 1.65. The largest absolute Gasteiger partial charge is 0.363 e. The summed E-state index contributed by atoms with van der Waals surface area (Å²) in [5, 5.41) is 16.2. The normalized spacial score (nSPS) is 12.3. The van der Waals surface area contributed by atoms with Gasteiger partial charge in [-0.3, -0.25) is 4.79 Å². The van der Waals surface area contributed by atoms with Gasteiger partial charge in [-0.25, -0.2) is 4.98 Å². The topological polar surface area (TPSA) is 101 Å². The van der Waals surface area contributed by atoms with Crippen LogP contribution in [0.3, 0.4) is 0 Å². The van der Waals surface area contributed by atoms with Crippen molar-refractivity contribution >= 4 is 28.3 Å². The van der Waals surface area contributed by atoms with Crippen LogP contribution in [0.15, 0.2) is 47.4 Å². The van der Waals surface area contributed by atoms with Crippen molar-refractivity contribution in [2.75, 3.05) is 5.32 Å². The maximum absolute atomic E-state index is 12.5. The summed E-state index contributed by atoms with van der Waals surface area (Å²) in [6.45, 7) is 3.72. The number of pyridine rings is 2. The van der Waals surface area contributed by atoms with E-state index in [0.717, 1.165) is 16.6 Å². The minimum absolute atomic E-state index is 0.155. The number of H-pyrrole nitrogens is 1. The molecule has 4 aromatic rings. The molecule has 4 rings (SSSR count). The molecule has 0 unspecified atom stereocenters. The van der Waals surface area contributed by atoms with Gasteiger partial charge in [0.25, 0.3) is 5.56 Å². The van der Waals surface area contributed by atoms with E-state index in [9.17, 15) is 4.79 Å². The van der Waals surface area contributed by atoms with Crippen LogP contribution in [0.4, 0.5) is 5.82 Å². The molecule has 0 saturated carbocycles. The van der Waals surface area contributed by atoms with E-state index in [-0.39, 0.29) is 11.6 Å². The number of aromatic amines is 1. The Hall–Kier alpha value is -3.26. The van der Waals surface area contributed by atoms with E-state index in [1.165, 1.54) is 0 Å². The second kappa shape index (κ2) is 6.81. The first-order chi connectivity index (χ1) is 13.0. The molecule has 8 nitrogen and oxygen atoms in total. The van der Waals surface area contributed by atoms with Gasteiger partial charge in [0.05, 0.1) is 11.7 Å². The highest BCUT2D eigenvalue weighted by Crippen LogP contribution is 2.22. The summed E-state index contributed by atoms with van der Waals surface area (Å²) in [4.78, 5) is 19.7. The lowest BCUT2D eigenvalue weighted by Gasteiger charge is -2.15. The lowest BCUT2D eigenvalue weighted by atomic mass is 10.1. The Kier molecular flexibility index (Phi) is 4.33. The second-order valence-corrected chi connectivity index (χ2v) is 6.63. The van der Waals surface area contributed by atoms with Gasteiger partial charge in [0.1, 0.15) is 5.82 Å². The number of fused-ring (bicyclic) bond motifs is 1. The minimum atomic E-state index is -0.269. The molecule has 0 aliphatic rings. The first-order valence-corrected chi connectivity index (χ1v) is 8.69. The number of aromatic nitrogens is 6. The standard InChI is InChI=1S/C18H16ClN7O/c1-10(15-8-12-7-13(19)3-4-16(12)22-18(15)27)21-17-9-14(5-6-20-17)26-11(2)23-24-25-26/h3-10H,1-2H3,(H,20,21)(H,22,27)/t10-/m0/s1. The summed E-state index contributed by atoms with van der Waals surface area (Å²) in [5.74, 6) is 1.28. The van der Waals surface area contributed by atoms with Crippen molar-refractivity contribution in [2.24, 2.45) is 0 Å². The van der Waals surface area contributed by atoms with Gasteiger partial charge in [-0.1, -0.05) is 11.6 Å². The zero-order chi connectivity index (χ0) is 19.0. The van der Waals surface area contributed by atoms with E-state index in [1.807, 2.05) is 38.1 Å². The van der Waals surface area contributed by atoms with E-state index in [4.69, 9.17) is 11.6 Å². The molecule has 9 heteroatoms. The van der Waals surface area contributed by atoms with Crippen molar-refractivity contribution in [1.29, 1.82) is 0 Å². The van der Waals surface area contributed by atoms with Crippen LogP contribution in [-0.2, 0) is 0 Å². The highest BCUT2D eigenvalue weighted by molar-refractivity contribution is 6.31. The number of nitrogens with one attached hydrogen (secondary N) is 2. The third-order valence-electron chi connectivity index (χ3n) is 4.28. The van der Waals surface area contributed by atoms with Crippen LogP contribution in [-0.4, -0.2) is 30.2 Å². The maximum atomic E-state index is 12.5. The number of aryl methyl sites for hydroxylation is 1. The molecule has 1 aromatic carbocycles. The van der Waals surface area contributed by atoms with Gasteiger partial charge >= 0.3 is 0 Å². The summed E-state index contributed by atoms with van der Waals surface area (Å²) in [7, 11) is 0. The Morgan fingerprint density at radius 3 is 2.85 bits per heavy atom. The fourth-order valence-electron chi connectivity index (χ4n) is 2.92. The highest BCUT2D eigenvalue weighted by atomic mass is 35.5. The highest BCUT2D eigenvalue weighted by Gasteiger charge is 2.13. The number of hydrogen-bond donors (Lipinski definition) is 2. The minimum Gasteiger partial charge on any atom is -0.363 e. The average Bonchev–Trinajstić information content (AvgIpc) is 3.07. The Labute approximate surface area is 159 Å². The summed E-state index contributed by atoms with van der Waals surface area (Å²) in [5.41, 5.74) is 1.96. The molecule has 27 heavy (non-hydrogen) atoms. The molecule has 0 bridgehead atoms. The zero-order valence-corrected chi connectivity index (χ0v) is 15.4. The molecule has 0 saturated heterocycles. The van der Waals surface area contributed by atoms with Crippen LogP contribution in [0.5, 0.6) is 0 Å². The van der Waals surface area contributed by atoms with Gasteiger partial charge < -0.3 is 10.3 Å². The third kappa shape index (κ3) is 3.39. The fourth-order valence-corrected chi connectivity index (χ4v) is 3.10. The van der Waals surface area contributed by atoms with Crippen LogP contribution < -0.4 is 10.9 Å². The summed E-state index contributed by atoms with van der Waals surface area (Å²) >= 11 is 6.06. The number of tetrazole rings is 1. The molecule has 3 heterocycles. The van der Waals surface area contributed by atoms with Gasteiger partial charge in [-0.05, 0) is 54.6 Å². The van der Waals surface area contributed by atoms with Crippen LogP contribution in [0, 0.1) is 6.92 Å². The predicted octanol–water partition coefficient (Wildman–Crippen LogP) is 3.03. The molecule has 0 aliphatic carbocycles. The molecule has 0 fully saturated rings. The molecule has 1 atom stereocenters. The van der Waals surface area contributed by atoms with Crippen molar-refractivity contribution in [3.8, 4) is 5.69 Å².